The number of pyridine rings is 1. The van der Waals surface area contributed by atoms with Crippen LogP contribution in [0.1, 0.15) is 55.0 Å². The van der Waals surface area contributed by atoms with Crippen LogP contribution >= 0.6 is 35.4 Å². The number of nitrogens with one attached hydrogen (secondary N) is 1. The van der Waals surface area contributed by atoms with Crippen LogP contribution < -0.4 is 15.1 Å². The molecular formula is C33H35Cl2N5S. The van der Waals surface area contributed by atoms with Gasteiger partial charge in [-0.3, -0.25) is 4.98 Å². The number of hydrogen-bond donors (Lipinski definition) is 1. The number of aromatic nitrogens is 2. The van der Waals surface area contributed by atoms with Crippen LogP contribution in [-0.2, 0) is 0 Å². The molecule has 2 saturated heterocycles. The third-order valence-electron chi connectivity index (χ3n) is 8.37. The average molecular weight is 605 g/mol. The summed E-state index contributed by atoms with van der Waals surface area (Å²) in [6, 6.07) is 22.4. The first-order valence-electron chi connectivity index (χ1n) is 14.2. The van der Waals surface area contributed by atoms with E-state index in [4.69, 9.17) is 40.4 Å². The second kappa shape index (κ2) is 11.3. The lowest BCUT2D eigenvalue weighted by molar-refractivity contribution is 0.357. The van der Waals surface area contributed by atoms with Crippen molar-refractivity contribution in [1.82, 2.24) is 14.9 Å². The van der Waals surface area contributed by atoms with Crippen molar-refractivity contribution in [3.63, 3.8) is 0 Å². The van der Waals surface area contributed by atoms with E-state index < -0.39 is 0 Å². The fraction of sp³-hybridized carbons (Fsp3) is 0.333. The van der Waals surface area contributed by atoms with Crippen molar-refractivity contribution >= 4 is 51.9 Å². The number of thiocarbonyl (C=S) groups is 1. The third-order valence-corrected chi connectivity index (χ3v) is 9.22. The minimum Gasteiger partial charge on any atom is -0.370 e. The van der Waals surface area contributed by atoms with Gasteiger partial charge in [-0.2, -0.15) is 0 Å². The van der Waals surface area contributed by atoms with Gasteiger partial charge in [-0.25, -0.2) is 0 Å². The molecule has 212 valence electrons. The van der Waals surface area contributed by atoms with Gasteiger partial charge in [0, 0.05) is 47.1 Å². The number of aryl methyl sites for hydroxylation is 1. The smallest absolute Gasteiger partial charge is 0.174 e. The average Bonchev–Trinajstić information content (AvgIpc) is 3.43. The van der Waals surface area contributed by atoms with Crippen LogP contribution in [0.25, 0.3) is 5.69 Å². The second-order valence-corrected chi connectivity index (χ2v) is 12.9. The zero-order valence-corrected chi connectivity index (χ0v) is 26.1. The quantitative estimate of drug-likeness (QED) is 0.231. The molecule has 2 aliphatic heterocycles. The standard InChI is InChI=1S/C33H35Cl2N5S/c1-20-14-21(2)19-38(18-20)30-12-11-26(17-28(30)35)40-32(31(37-33(40)41)29-10-5-6-13-36-29)27-15-22(3)39(23(27)4)25-9-7-8-24(34)16-25/h5-13,15-17,20-21,31-32H,14,18-19H2,1-4H3,(H,37,41). The van der Waals surface area contributed by atoms with Crippen molar-refractivity contribution in [3.8, 4) is 5.69 Å². The Kier molecular flexibility index (Phi) is 7.75. The summed E-state index contributed by atoms with van der Waals surface area (Å²) >= 11 is 19.4. The molecule has 41 heavy (non-hydrogen) atoms. The molecule has 2 aromatic heterocycles. The van der Waals surface area contributed by atoms with E-state index in [1.165, 1.54) is 12.0 Å². The minimum atomic E-state index is -0.140. The maximum atomic E-state index is 7.03. The summed E-state index contributed by atoms with van der Waals surface area (Å²) in [5.41, 5.74) is 7.45. The van der Waals surface area contributed by atoms with Crippen LogP contribution in [0.4, 0.5) is 11.4 Å². The van der Waals surface area contributed by atoms with Gasteiger partial charge >= 0.3 is 0 Å². The van der Waals surface area contributed by atoms with E-state index in [1.807, 2.05) is 36.5 Å². The third kappa shape index (κ3) is 5.33. The minimum absolute atomic E-state index is 0.131. The van der Waals surface area contributed by atoms with Crippen molar-refractivity contribution in [2.24, 2.45) is 11.8 Å². The highest BCUT2D eigenvalue weighted by Gasteiger charge is 2.42. The zero-order chi connectivity index (χ0) is 28.8. The highest BCUT2D eigenvalue weighted by atomic mass is 35.5. The Morgan fingerprint density at radius 2 is 1.68 bits per heavy atom. The van der Waals surface area contributed by atoms with Gasteiger partial charge in [0.15, 0.2) is 5.11 Å². The highest BCUT2D eigenvalue weighted by Crippen LogP contribution is 2.45. The summed E-state index contributed by atoms with van der Waals surface area (Å²) in [5, 5.41) is 5.70. The molecule has 0 radical (unpaired) electrons. The van der Waals surface area contributed by atoms with Gasteiger partial charge in [0.25, 0.3) is 0 Å². The lowest BCUT2D eigenvalue weighted by Crippen LogP contribution is -2.38. The van der Waals surface area contributed by atoms with E-state index in [-0.39, 0.29) is 12.1 Å². The van der Waals surface area contributed by atoms with Gasteiger partial charge < -0.3 is 19.7 Å². The molecule has 8 heteroatoms. The van der Waals surface area contributed by atoms with Crippen LogP contribution in [0.15, 0.2) is 72.9 Å². The lowest BCUT2D eigenvalue weighted by atomic mass is 9.91. The Labute approximate surface area is 258 Å². The monoisotopic (exact) mass is 603 g/mol. The van der Waals surface area contributed by atoms with Crippen molar-refractivity contribution in [2.45, 2.75) is 46.2 Å². The van der Waals surface area contributed by atoms with Crippen molar-refractivity contribution in [2.75, 3.05) is 22.9 Å². The number of hydrogen-bond acceptors (Lipinski definition) is 3. The van der Waals surface area contributed by atoms with Gasteiger partial charge in [0.05, 0.1) is 28.5 Å². The van der Waals surface area contributed by atoms with Gasteiger partial charge in [-0.15, -0.1) is 0 Å². The van der Waals surface area contributed by atoms with Crippen LogP contribution in [0, 0.1) is 25.7 Å². The first kappa shape index (κ1) is 28.1. The summed E-state index contributed by atoms with van der Waals surface area (Å²) in [7, 11) is 0. The highest BCUT2D eigenvalue weighted by molar-refractivity contribution is 7.80. The van der Waals surface area contributed by atoms with E-state index >= 15 is 0 Å². The van der Waals surface area contributed by atoms with E-state index in [0.29, 0.717) is 22.0 Å². The maximum Gasteiger partial charge on any atom is 0.174 e. The molecular weight excluding hydrogens is 569 g/mol. The summed E-state index contributed by atoms with van der Waals surface area (Å²) in [6.45, 7) is 11.0. The summed E-state index contributed by atoms with van der Waals surface area (Å²) in [5.74, 6) is 1.28. The molecule has 4 unspecified atom stereocenters. The summed E-state index contributed by atoms with van der Waals surface area (Å²) in [6.07, 6.45) is 3.09. The molecule has 2 aromatic carbocycles. The van der Waals surface area contributed by atoms with Crippen LogP contribution in [0.3, 0.4) is 0 Å². The van der Waals surface area contributed by atoms with Crippen molar-refractivity contribution in [1.29, 1.82) is 0 Å². The second-order valence-electron chi connectivity index (χ2n) is 11.6. The predicted molar refractivity (Wildman–Crippen MR) is 175 cm³/mol. The van der Waals surface area contributed by atoms with Crippen LogP contribution in [0.2, 0.25) is 10.0 Å². The summed E-state index contributed by atoms with van der Waals surface area (Å²) in [4.78, 5) is 9.36. The van der Waals surface area contributed by atoms with E-state index in [0.717, 1.165) is 52.3 Å². The molecule has 0 bridgehead atoms. The van der Waals surface area contributed by atoms with E-state index in [2.05, 4.69) is 83.8 Å². The number of benzene rings is 2. The molecule has 4 aromatic rings. The maximum absolute atomic E-state index is 7.03. The van der Waals surface area contributed by atoms with Gasteiger partial charge in [0.2, 0.25) is 0 Å². The molecule has 0 amide bonds. The number of halogens is 2. The largest absolute Gasteiger partial charge is 0.370 e. The first-order chi connectivity index (χ1) is 19.7. The van der Waals surface area contributed by atoms with Crippen LogP contribution in [-0.4, -0.2) is 27.8 Å². The topological polar surface area (TPSA) is 36.3 Å². The first-order valence-corrected chi connectivity index (χ1v) is 15.4. The molecule has 2 aliphatic rings. The Morgan fingerprint density at radius 3 is 2.37 bits per heavy atom. The Bertz CT molecular complexity index is 1580. The molecule has 4 heterocycles. The molecule has 0 spiro atoms. The summed E-state index contributed by atoms with van der Waals surface area (Å²) < 4.78 is 2.25. The van der Waals surface area contributed by atoms with Gasteiger partial charge in [-0.05, 0) is 104 Å². The predicted octanol–water partition coefficient (Wildman–Crippen LogP) is 8.46. The molecule has 2 fully saturated rings. The number of anilines is 2. The van der Waals surface area contributed by atoms with Crippen molar-refractivity contribution < 1.29 is 0 Å². The lowest BCUT2D eigenvalue weighted by Gasteiger charge is -2.37. The molecule has 6 rings (SSSR count). The van der Waals surface area contributed by atoms with Crippen LogP contribution in [0.5, 0.6) is 0 Å². The Hall–Kier alpha value is -3.06. The van der Waals surface area contributed by atoms with Gasteiger partial charge in [-0.1, -0.05) is 49.2 Å². The fourth-order valence-corrected chi connectivity index (χ4v) is 7.64. The molecule has 4 atom stereocenters. The molecule has 5 nitrogen and oxygen atoms in total. The van der Waals surface area contributed by atoms with Crippen molar-refractivity contribution in [3.05, 3.63) is 106 Å². The number of nitrogens with zero attached hydrogens (tertiary/aromatic N) is 4. The Morgan fingerprint density at radius 1 is 0.902 bits per heavy atom. The number of piperidine rings is 1. The SMILES string of the molecule is Cc1cc(C2C(c3ccccn3)NC(=S)N2c2ccc(N3CC(C)CC(C)C3)c(Cl)c2)c(C)n1-c1cccc(Cl)c1. The molecule has 0 saturated carbocycles. The van der Waals surface area contributed by atoms with Gasteiger partial charge in [0.1, 0.15) is 0 Å². The zero-order valence-electron chi connectivity index (χ0n) is 23.8. The normalized spacial score (nSPS) is 22.7. The van der Waals surface area contributed by atoms with E-state index in [9.17, 15) is 0 Å². The Balaban J connectivity index is 1.44. The molecule has 1 N–H and O–H groups in total. The fourth-order valence-electron chi connectivity index (χ4n) is 6.81. The molecule has 0 aliphatic carbocycles. The number of rotatable bonds is 5. The van der Waals surface area contributed by atoms with E-state index in [1.54, 1.807) is 0 Å².